The summed E-state index contributed by atoms with van der Waals surface area (Å²) in [5, 5.41) is 0.601. The SMILES string of the molecule is Nc1ccccc1C(=O)N1CCN(C(=O)Cc2ccccc2Cl)CC1. The average molecular weight is 358 g/mol. The molecule has 1 aliphatic rings. The van der Waals surface area contributed by atoms with Crippen molar-refractivity contribution in [2.45, 2.75) is 6.42 Å². The third kappa shape index (κ3) is 3.94. The maximum atomic E-state index is 12.6. The number of carbonyl (C=O) groups is 2. The average Bonchev–Trinajstić information content (AvgIpc) is 2.63. The van der Waals surface area contributed by atoms with Crippen LogP contribution in [0.1, 0.15) is 15.9 Å². The first-order chi connectivity index (χ1) is 12.1. The Kier molecular flexibility index (Phi) is 5.24. The number of halogens is 1. The number of piperazine rings is 1. The van der Waals surface area contributed by atoms with Crippen molar-refractivity contribution in [3.05, 3.63) is 64.7 Å². The van der Waals surface area contributed by atoms with Gasteiger partial charge >= 0.3 is 0 Å². The zero-order valence-electron chi connectivity index (χ0n) is 13.8. The maximum absolute atomic E-state index is 12.6. The van der Waals surface area contributed by atoms with Crippen molar-refractivity contribution in [3.63, 3.8) is 0 Å². The van der Waals surface area contributed by atoms with Gasteiger partial charge < -0.3 is 15.5 Å². The highest BCUT2D eigenvalue weighted by molar-refractivity contribution is 6.31. The zero-order chi connectivity index (χ0) is 17.8. The van der Waals surface area contributed by atoms with Gasteiger partial charge in [-0.1, -0.05) is 41.9 Å². The topological polar surface area (TPSA) is 66.6 Å². The Labute approximate surface area is 152 Å². The van der Waals surface area contributed by atoms with Crippen LogP contribution in [0.3, 0.4) is 0 Å². The van der Waals surface area contributed by atoms with Crippen molar-refractivity contribution in [1.29, 1.82) is 0 Å². The number of rotatable bonds is 3. The number of hydrogen-bond donors (Lipinski definition) is 1. The van der Waals surface area contributed by atoms with Gasteiger partial charge in [0.1, 0.15) is 0 Å². The number of benzene rings is 2. The Bertz CT molecular complexity index is 786. The number of hydrogen-bond acceptors (Lipinski definition) is 3. The Balaban J connectivity index is 1.58. The summed E-state index contributed by atoms with van der Waals surface area (Å²) in [5.74, 6) is -0.0595. The molecule has 3 rings (SSSR count). The van der Waals surface area contributed by atoms with E-state index in [4.69, 9.17) is 17.3 Å². The molecule has 0 unspecified atom stereocenters. The fraction of sp³-hybridized carbons (Fsp3) is 0.263. The molecule has 6 heteroatoms. The molecule has 5 nitrogen and oxygen atoms in total. The van der Waals surface area contributed by atoms with Gasteiger partial charge in [-0.25, -0.2) is 0 Å². The summed E-state index contributed by atoms with van der Waals surface area (Å²) >= 11 is 6.12. The fourth-order valence-corrected chi connectivity index (χ4v) is 3.14. The highest BCUT2D eigenvalue weighted by Gasteiger charge is 2.25. The second-order valence-corrected chi connectivity index (χ2v) is 6.44. The Morgan fingerprint density at radius 3 is 2.20 bits per heavy atom. The molecule has 2 aromatic rings. The molecule has 0 bridgehead atoms. The van der Waals surface area contributed by atoms with Crippen molar-refractivity contribution in [1.82, 2.24) is 9.80 Å². The summed E-state index contributed by atoms with van der Waals surface area (Å²) in [6.45, 7) is 2.03. The Morgan fingerprint density at radius 2 is 1.52 bits per heavy atom. The van der Waals surface area contributed by atoms with Crippen LogP contribution in [-0.4, -0.2) is 47.8 Å². The third-order valence-corrected chi connectivity index (χ3v) is 4.78. The van der Waals surface area contributed by atoms with E-state index >= 15 is 0 Å². The minimum absolute atomic E-state index is 0.0272. The van der Waals surface area contributed by atoms with E-state index in [0.717, 1.165) is 5.56 Å². The van der Waals surface area contributed by atoms with Gasteiger partial charge in [-0.3, -0.25) is 9.59 Å². The second-order valence-electron chi connectivity index (χ2n) is 6.03. The fourth-order valence-electron chi connectivity index (χ4n) is 2.94. The van der Waals surface area contributed by atoms with E-state index in [0.29, 0.717) is 42.5 Å². The molecule has 1 heterocycles. The minimum atomic E-state index is -0.0868. The lowest BCUT2D eigenvalue weighted by Crippen LogP contribution is -2.51. The molecular weight excluding hydrogens is 338 g/mol. The van der Waals surface area contributed by atoms with Crippen molar-refractivity contribution < 1.29 is 9.59 Å². The molecule has 2 aromatic carbocycles. The highest BCUT2D eigenvalue weighted by Crippen LogP contribution is 2.18. The molecule has 1 saturated heterocycles. The van der Waals surface area contributed by atoms with Crippen LogP contribution < -0.4 is 5.73 Å². The van der Waals surface area contributed by atoms with E-state index in [-0.39, 0.29) is 18.2 Å². The smallest absolute Gasteiger partial charge is 0.256 e. The van der Waals surface area contributed by atoms with Gasteiger partial charge in [-0.2, -0.15) is 0 Å². The van der Waals surface area contributed by atoms with Crippen LogP contribution in [0.5, 0.6) is 0 Å². The van der Waals surface area contributed by atoms with Crippen LogP contribution in [0.15, 0.2) is 48.5 Å². The van der Waals surface area contributed by atoms with Crippen molar-refractivity contribution >= 4 is 29.1 Å². The van der Waals surface area contributed by atoms with Gasteiger partial charge in [-0.15, -0.1) is 0 Å². The number of nitrogens with zero attached hydrogens (tertiary/aromatic N) is 2. The van der Waals surface area contributed by atoms with Crippen LogP contribution in [-0.2, 0) is 11.2 Å². The van der Waals surface area contributed by atoms with E-state index in [1.54, 1.807) is 40.1 Å². The van der Waals surface area contributed by atoms with Gasteiger partial charge in [-0.05, 0) is 23.8 Å². The molecule has 2 amide bonds. The monoisotopic (exact) mass is 357 g/mol. The van der Waals surface area contributed by atoms with Crippen LogP contribution >= 0.6 is 11.6 Å². The Hall–Kier alpha value is -2.53. The first kappa shape index (κ1) is 17.3. The predicted molar refractivity (Wildman–Crippen MR) is 98.5 cm³/mol. The van der Waals surface area contributed by atoms with Crippen molar-refractivity contribution in [3.8, 4) is 0 Å². The molecular formula is C19H20ClN3O2. The quantitative estimate of drug-likeness (QED) is 0.858. The van der Waals surface area contributed by atoms with E-state index in [1.807, 2.05) is 18.2 Å². The molecule has 0 aliphatic carbocycles. The van der Waals surface area contributed by atoms with Crippen LogP contribution in [0, 0.1) is 0 Å². The standard InChI is InChI=1S/C19H20ClN3O2/c20-16-7-3-1-5-14(16)13-18(24)22-9-11-23(12-10-22)19(25)15-6-2-4-8-17(15)21/h1-8H,9-13,21H2. The molecule has 130 valence electrons. The summed E-state index contributed by atoms with van der Waals surface area (Å²) in [4.78, 5) is 28.5. The van der Waals surface area contributed by atoms with E-state index in [9.17, 15) is 9.59 Å². The summed E-state index contributed by atoms with van der Waals surface area (Å²) in [6, 6.07) is 14.4. The molecule has 2 N–H and O–H groups in total. The predicted octanol–water partition coefficient (Wildman–Crippen LogP) is 2.45. The first-order valence-corrected chi connectivity index (χ1v) is 8.59. The lowest BCUT2D eigenvalue weighted by molar-refractivity contribution is -0.131. The maximum Gasteiger partial charge on any atom is 0.256 e. The molecule has 1 fully saturated rings. The summed E-state index contributed by atoms with van der Waals surface area (Å²) in [6.07, 6.45) is 0.277. The van der Waals surface area contributed by atoms with Gasteiger partial charge in [0.2, 0.25) is 5.91 Å². The summed E-state index contributed by atoms with van der Waals surface area (Å²) in [5.41, 5.74) is 7.69. The number of anilines is 1. The second kappa shape index (κ2) is 7.57. The number of nitrogens with two attached hydrogens (primary N) is 1. The third-order valence-electron chi connectivity index (χ3n) is 4.41. The zero-order valence-corrected chi connectivity index (χ0v) is 14.6. The molecule has 0 radical (unpaired) electrons. The number of amides is 2. The first-order valence-electron chi connectivity index (χ1n) is 8.21. The number of nitrogen functional groups attached to an aromatic ring is 1. The molecule has 25 heavy (non-hydrogen) atoms. The van der Waals surface area contributed by atoms with Gasteiger partial charge in [0.25, 0.3) is 5.91 Å². The molecule has 0 spiro atoms. The van der Waals surface area contributed by atoms with Crippen LogP contribution in [0.4, 0.5) is 5.69 Å². The molecule has 1 aliphatic heterocycles. The lowest BCUT2D eigenvalue weighted by atomic mass is 10.1. The van der Waals surface area contributed by atoms with Crippen LogP contribution in [0.25, 0.3) is 0 Å². The molecule has 0 saturated carbocycles. The van der Waals surface area contributed by atoms with Crippen molar-refractivity contribution in [2.75, 3.05) is 31.9 Å². The number of carbonyl (C=O) groups excluding carboxylic acids is 2. The normalized spacial score (nSPS) is 14.4. The van der Waals surface area contributed by atoms with Crippen LogP contribution in [0.2, 0.25) is 5.02 Å². The van der Waals surface area contributed by atoms with Gasteiger partial charge in [0.05, 0.1) is 12.0 Å². The van der Waals surface area contributed by atoms with E-state index < -0.39 is 0 Å². The Morgan fingerprint density at radius 1 is 0.920 bits per heavy atom. The van der Waals surface area contributed by atoms with Gasteiger partial charge in [0.15, 0.2) is 0 Å². The van der Waals surface area contributed by atoms with E-state index in [2.05, 4.69) is 0 Å². The van der Waals surface area contributed by atoms with E-state index in [1.165, 1.54) is 0 Å². The largest absolute Gasteiger partial charge is 0.398 e. The van der Waals surface area contributed by atoms with Crippen molar-refractivity contribution in [2.24, 2.45) is 0 Å². The molecule has 0 atom stereocenters. The summed E-state index contributed by atoms with van der Waals surface area (Å²) in [7, 11) is 0. The van der Waals surface area contributed by atoms with Gasteiger partial charge in [0, 0.05) is 36.9 Å². The lowest BCUT2D eigenvalue weighted by Gasteiger charge is -2.35. The number of para-hydroxylation sites is 1. The minimum Gasteiger partial charge on any atom is -0.398 e. The molecule has 0 aromatic heterocycles. The highest BCUT2D eigenvalue weighted by atomic mass is 35.5. The summed E-state index contributed by atoms with van der Waals surface area (Å²) < 4.78 is 0.